The Morgan fingerprint density at radius 1 is 1.20 bits per heavy atom. The zero-order chi connectivity index (χ0) is 7.71. The Hall–Kier alpha value is 0.150. The van der Waals surface area contributed by atoms with Gasteiger partial charge >= 0.3 is 0 Å². The summed E-state index contributed by atoms with van der Waals surface area (Å²) >= 11 is 0. The molecule has 2 N–H and O–H groups in total. The first-order valence-electron chi connectivity index (χ1n) is 1.89. The average Bonchev–Trinajstić information content (AvgIpc) is 1.14. The predicted octanol–water partition coefficient (Wildman–Crippen LogP) is -1.30. The van der Waals surface area contributed by atoms with E-state index in [1.165, 1.54) is 0 Å². The Morgan fingerprint density at radius 3 is 1.50 bits per heavy atom. The fourth-order valence-corrected chi connectivity index (χ4v) is 2.69. The molecule has 0 saturated heterocycles. The molecule has 64 valence electrons. The van der Waals surface area contributed by atoms with Gasteiger partial charge in [0.25, 0.3) is 0 Å². The van der Waals surface area contributed by atoms with Crippen LogP contribution < -0.4 is 5.14 Å². The first-order chi connectivity index (χ1) is 3.71. The van der Waals surface area contributed by atoms with E-state index in [0.29, 0.717) is 0 Å². The van der Waals surface area contributed by atoms with E-state index in [4.69, 9.17) is 0 Å². The molecule has 0 saturated carbocycles. The first-order valence-corrected chi connectivity index (χ1v) is 5.66. The summed E-state index contributed by atoms with van der Waals surface area (Å²) in [5, 5.41) is 3.43. The van der Waals surface area contributed by atoms with Crippen LogP contribution >= 0.6 is 12.4 Å². The quantitative estimate of drug-likeness (QED) is 0.612. The lowest BCUT2D eigenvalue weighted by molar-refractivity contribution is 0.593. The van der Waals surface area contributed by atoms with E-state index in [-0.39, 0.29) is 12.4 Å². The number of nitrogens with two attached hydrogens (primary N) is 1. The van der Waals surface area contributed by atoms with Gasteiger partial charge in [0.05, 0.1) is 0 Å². The number of halogens is 1. The summed E-state index contributed by atoms with van der Waals surface area (Å²) in [4.78, 5) is 0. The molecule has 0 aliphatic rings. The van der Waals surface area contributed by atoms with Crippen LogP contribution in [0.4, 0.5) is 0 Å². The van der Waals surface area contributed by atoms with Crippen molar-refractivity contribution in [3.63, 3.8) is 0 Å². The highest BCUT2D eigenvalue weighted by Gasteiger charge is 2.11. The van der Waals surface area contributed by atoms with Crippen LogP contribution in [0.5, 0.6) is 0 Å². The number of hydrogen-bond acceptors (Lipinski definition) is 4. The van der Waals surface area contributed by atoms with Gasteiger partial charge < -0.3 is 0 Å². The molecular weight excluding hydrogens is 202 g/mol. The maximum atomic E-state index is 10.2. The summed E-state index contributed by atoms with van der Waals surface area (Å²) in [6, 6.07) is 0. The summed E-state index contributed by atoms with van der Waals surface area (Å²) < 4.78 is 40.5. The molecule has 0 aromatic rings. The van der Waals surface area contributed by atoms with Crippen molar-refractivity contribution in [2.75, 3.05) is 11.3 Å². The average molecular weight is 210 g/mol. The monoisotopic (exact) mass is 209 g/mol. The van der Waals surface area contributed by atoms with Gasteiger partial charge in [0.15, 0.2) is 14.9 Å². The number of primary sulfonamides is 1. The van der Waals surface area contributed by atoms with Gasteiger partial charge in [-0.15, -0.1) is 12.4 Å². The van der Waals surface area contributed by atoms with Gasteiger partial charge in [0, 0.05) is 6.26 Å². The van der Waals surface area contributed by atoms with Crippen molar-refractivity contribution >= 4 is 32.3 Å². The third-order valence-corrected chi connectivity index (χ3v) is 3.41. The van der Waals surface area contributed by atoms with Crippen molar-refractivity contribution in [1.82, 2.24) is 0 Å². The van der Waals surface area contributed by atoms with Gasteiger partial charge in [-0.1, -0.05) is 0 Å². The molecule has 0 aromatic carbocycles. The Morgan fingerprint density at radius 2 is 1.50 bits per heavy atom. The Bertz CT molecular complexity index is 246. The predicted molar refractivity (Wildman–Crippen MR) is 40.1 cm³/mol. The minimum Gasteiger partial charge on any atom is -0.228 e. The van der Waals surface area contributed by atoms with Gasteiger partial charge in [-0.2, -0.15) is 0 Å². The lowest BCUT2D eigenvalue weighted by Crippen LogP contribution is -2.22. The molecule has 8 heteroatoms. The number of sulfone groups is 1. The van der Waals surface area contributed by atoms with Gasteiger partial charge in [-0.25, -0.2) is 22.0 Å². The standard InChI is InChI=1S/C2H7NO4S2.ClH/c1-8(4,5)2-9(3,6)7;/h2H2,1H3,(H2,3,6,7);1H. The third kappa shape index (κ3) is 11.0. The van der Waals surface area contributed by atoms with Crippen molar-refractivity contribution < 1.29 is 16.8 Å². The van der Waals surface area contributed by atoms with Crippen LogP contribution in [0.2, 0.25) is 0 Å². The van der Waals surface area contributed by atoms with Crippen molar-refractivity contribution in [1.29, 1.82) is 0 Å². The van der Waals surface area contributed by atoms with Crippen molar-refractivity contribution in [2.45, 2.75) is 0 Å². The van der Waals surface area contributed by atoms with E-state index in [1.54, 1.807) is 0 Å². The molecule has 0 aliphatic heterocycles. The van der Waals surface area contributed by atoms with E-state index in [1.807, 2.05) is 0 Å². The molecule has 0 bridgehead atoms. The van der Waals surface area contributed by atoms with E-state index in [9.17, 15) is 16.8 Å². The summed E-state index contributed by atoms with van der Waals surface area (Å²) in [5.74, 6) is 0. The molecular formula is C2H8ClNO4S2. The molecule has 0 fully saturated rings. The van der Waals surface area contributed by atoms with Crippen molar-refractivity contribution in [3.05, 3.63) is 0 Å². The molecule has 0 unspecified atom stereocenters. The first kappa shape index (κ1) is 12.8. The number of hydrogen-bond donors (Lipinski definition) is 1. The molecule has 5 nitrogen and oxygen atoms in total. The Labute approximate surface area is 66.0 Å². The second kappa shape index (κ2) is 3.51. The number of sulfonamides is 1. The maximum Gasteiger partial charge on any atom is 0.223 e. The van der Waals surface area contributed by atoms with E-state index in [2.05, 4.69) is 5.14 Å². The van der Waals surface area contributed by atoms with Crippen LogP contribution in [0.25, 0.3) is 0 Å². The van der Waals surface area contributed by atoms with Crippen molar-refractivity contribution in [2.24, 2.45) is 5.14 Å². The molecule has 0 atom stereocenters. The van der Waals surface area contributed by atoms with E-state index >= 15 is 0 Å². The minimum atomic E-state index is -3.87. The maximum absolute atomic E-state index is 10.2. The molecule has 0 spiro atoms. The third-order valence-electron chi connectivity index (χ3n) is 0.378. The zero-order valence-corrected chi connectivity index (χ0v) is 7.59. The highest BCUT2D eigenvalue weighted by molar-refractivity contribution is 8.06. The molecule has 0 aliphatic carbocycles. The van der Waals surface area contributed by atoms with Crippen LogP contribution in [-0.4, -0.2) is 28.2 Å². The molecule has 10 heavy (non-hydrogen) atoms. The molecule has 0 rings (SSSR count). The largest absolute Gasteiger partial charge is 0.228 e. The van der Waals surface area contributed by atoms with Crippen LogP contribution in [0.1, 0.15) is 0 Å². The van der Waals surface area contributed by atoms with Gasteiger partial charge in [-0.3, -0.25) is 0 Å². The zero-order valence-electron chi connectivity index (χ0n) is 5.14. The second-order valence-corrected chi connectivity index (χ2v) is 5.83. The normalized spacial score (nSPS) is 12.2. The van der Waals surface area contributed by atoms with Gasteiger partial charge in [0.1, 0.15) is 0 Å². The summed E-state index contributed by atoms with van der Waals surface area (Å²) in [5.41, 5.74) is 0. The fourth-order valence-electron chi connectivity index (χ4n) is 0.298. The molecule has 0 aromatic heterocycles. The summed E-state index contributed by atoms with van der Waals surface area (Å²) in [7, 11) is -7.36. The number of rotatable bonds is 2. The Balaban J connectivity index is 0. The van der Waals surface area contributed by atoms with Crippen LogP contribution in [0.15, 0.2) is 0 Å². The van der Waals surface area contributed by atoms with Crippen LogP contribution in [0, 0.1) is 0 Å². The fraction of sp³-hybridized carbons (Fsp3) is 1.00. The molecule has 0 heterocycles. The topological polar surface area (TPSA) is 94.3 Å². The van der Waals surface area contributed by atoms with Gasteiger partial charge in [0.2, 0.25) is 10.0 Å². The highest BCUT2D eigenvalue weighted by Crippen LogP contribution is 1.85. The Kier molecular flexibility index (Phi) is 4.50. The van der Waals surface area contributed by atoms with E-state index < -0.39 is 24.9 Å². The lowest BCUT2D eigenvalue weighted by Gasteiger charge is -1.91. The molecule has 0 amide bonds. The van der Waals surface area contributed by atoms with E-state index in [0.717, 1.165) is 6.26 Å². The smallest absolute Gasteiger partial charge is 0.223 e. The lowest BCUT2D eigenvalue weighted by atomic mass is 11.9. The molecule has 0 radical (unpaired) electrons. The summed E-state index contributed by atoms with van der Waals surface area (Å²) in [6.07, 6.45) is 0.803. The van der Waals surface area contributed by atoms with Crippen LogP contribution in [-0.2, 0) is 19.9 Å². The highest BCUT2D eigenvalue weighted by atomic mass is 35.5. The van der Waals surface area contributed by atoms with Gasteiger partial charge in [-0.05, 0) is 0 Å². The van der Waals surface area contributed by atoms with Crippen molar-refractivity contribution in [3.8, 4) is 0 Å². The van der Waals surface area contributed by atoms with Crippen LogP contribution in [0.3, 0.4) is 0 Å². The SMILES string of the molecule is CS(=O)(=O)CS(N)(=O)=O.Cl. The summed E-state index contributed by atoms with van der Waals surface area (Å²) in [6.45, 7) is 0. The second-order valence-electron chi connectivity index (χ2n) is 1.71. The minimum absolute atomic E-state index is 0.